The largest absolute Gasteiger partial charge is 0.361 e. The Morgan fingerprint density at radius 3 is 3.15 bits per heavy atom. The van der Waals surface area contributed by atoms with Crippen LogP contribution in [0.25, 0.3) is 0 Å². The first-order valence-electron chi connectivity index (χ1n) is 4.53. The first kappa shape index (κ1) is 8.45. The van der Waals surface area contributed by atoms with Gasteiger partial charge in [-0.15, -0.1) is 0 Å². The molecule has 2 heteroatoms. The molecular weight excluding hydrogens is 164 g/mol. The highest BCUT2D eigenvalue weighted by molar-refractivity contribution is 5.62. The molecule has 0 spiro atoms. The summed E-state index contributed by atoms with van der Waals surface area (Å²) < 4.78 is 5.30. The fourth-order valence-corrected chi connectivity index (χ4v) is 1.64. The molecule has 0 amide bonds. The van der Waals surface area contributed by atoms with Gasteiger partial charge in [0.2, 0.25) is 0 Å². The molecule has 0 saturated heterocycles. The van der Waals surface area contributed by atoms with E-state index < -0.39 is 0 Å². The molecule has 1 aliphatic heterocycles. The van der Waals surface area contributed by atoms with Crippen LogP contribution in [0.1, 0.15) is 29.7 Å². The molecule has 0 bridgehead atoms. The van der Waals surface area contributed by atoms with E-state index in [0.29, 0.717) is 6.61 Å². The van der Waals surface area contributed by atoms with Crippen LogP contribution in [-0.2, 0) is 22.6 Å². The number of hydrogen-bond donors (Lipinski definition) is 0. The summed E-state index contributed by atoms with van der Waals surface area (Å²) in [4.78, 5) is 10.6. The second kappa shape index (κ2) is 3.30. The molecule has 0 radical (unpaired) electrons. The summed E-state index contributed by atoms with van der Waals surface area (Å²) in [6, 6.07) is 6.22. The van der Waals surface area contributed by atoms with Crippen molar-refractivity contribution >= 4 is 6.29 Å². The second-order valence-corrected chi connectivity index (χ2v) is 3.25. The van der Waals surface area contributed by atoms with Crippen LogP contribution >= 0.6 is 0 Å². The lowest BCUT2D eigenvalue weighted by Crippen LogP contribution is -1.96. The Bertz CT molecular complexity index is 331. The lowest BCUT2D eigenvalue weighted by molar-refractivity contribution is -0.117. The van der Waals surface area contributed by atoms with Crippen LogP contribution in [0.4, 0.5) is 0 Å². The van der Waals surface area contributed by atoms with E-state index in [4.69, 9.17) is 4.74 Å². The molecule has 1 unspecified atom stereocenters. The van der Waals surface area contributed by atoms with Gasteiger partial charge in [0.1, 0.15) is 6.10 Å². The van der Waals surface area contributed by atoms with Gasteiger partial charge in [-0.3, -0.25) is 0 Å². The highest BCUT2D eigenvalue weighted by atomic mass is 16.5. The van der Waals surface area contributed by atoms with Gasteiger partial charge in [-0.1, -0.05) is 25.1 Å². The first-order chi connectivity index (χ1) is 6.35. The smallest absolute Gasteiger partial charge is 0.153 e. The van der Waals surface area contributed by atoms with Crippen molar-refractivity contribution in [1.29, 1.82) is 0 Å². The van der Waals surface area contributed by atoms with Gasteiger partial charge in [0.25, 0.3) is 0 Å². The summed E-state index contributed by atoms with van der Waals surface area (Å²) in [5, 5.41) is 0. The number of hydrogen-bond acceptors (Lipinski definition) is 2. The Morgan fingerprint density at radius 2 is 2.46 bits per heavy atom. The Balaban J connectivity index is 2.42. The summed E-state index contributed by atoms with van der Waals surface area (Å²) in [5.41, 5.74) is 3.46. The van der Waals surface area contributed by atoms with E-state index in [1.165, 1.54) is 5.56 Å². The molecule has 2 nitrogen and oxygen atoms in total. The molecule has 0 N–H and O–H groups in total. The number of benzene rings is 1. The Morgan fingerprint density at radius 1 is 1.62 bits per heavy atom. The molecule has 1 aromatic rings. The molecule has 0 aliphatic carbocycles. The van der Waals surface area contributed by atoms with E-state index >= 15 is 0 Å². The summed E-state index contributed by atoms with van der Waals surface area (Å²) in [7, 11) is 0. The lowest BCUT2D eigenvalue weighted by Gasteiger charge is -2.03. The van der Waals surface area contributed by atoms with Crippen molar-refractivity contribution in [3.8, 4) is 0 Å². The predicted molar refractivity (Wildman–Crippen MR) is 49.4 cm³/mol. The summed E-state index contributed by atoms with van der Waals surface area (Å²) >= 11 is 0. The van der Waals surface area contributed by atoms with Crippen LogP contribution in [0.3, 0.4) is 0 Å². The van der Waals surface area contributed by atoms with Crippen molar-refractivity contribution in [2.24, 2.45) is 0 Å². The number of carbonyl (C=O) groups is 1. The van der Waals surface area contributed by atoms with Crippen LogP contribution in [0, 0.1) is 0 Å². The van der Waals surface area contributed by atoms with Crippen LogP contribution in [0.2, 0.25) is 0 Å². The molecule has 2 rings (SSSR count). The van der Waals surface area contributed by atoms with Crippen LogP contribution in [0.5, 0.6) is 0 Å². The molecule has 0 saturated carbocycles. The third kappa shape index (κ3) is 1.38. The number of rotatable bonds is 2. The highest BCUT2D eigenvalue weighted by Crippen LogP contribution is 2.29. The summed E-state index contributed by atoms with van der Waals surface area (Å²) in [5.74, 6) is 0. The zero-order valence-electron chi connectivity index (χ0n) is 7.62. The third-order valence-corrected chi connectivity index (χ3v) is 2.47. The molecule has 0 fully saturated rings. The second-order valence-electron chi connectivity index (χ2n) is 3.25. The number of fused-ring (bicyclic) bond motifs is 1. The Labute approximate surface area is 77.5 Å². The van der Waals surface area contributed by atoms with Gasteiger partial charge >= 0.3 is 0 Å². The van der Waals surface area contributed by atoms with Crippen molar-refractivity contribution in [2.45, 2.75) is 26.1 Å². The normalized spacial score (nSPS) is 19.9. The molecule has 0 aromatic heterocycles. The number of carbonyl (C=O) groups excluding carboxylic acids is 1. The van der Waals surface area contributed by atoms with Crippen molar-refractivity contribution in [3.05, 3.63) is 34.9 Å². The molecule has 1 aromatic carbocycles. The monoisotopic (exact) mass is 176 g/mol. The average Bonchev–Trinajstić information content (AvgIpc) is 2.59. The SMILES string of the molecule is CCc1ccc2c(c1)C(C=O)OC2. The minimum atomic E-state index is -0.332. The third-order valence-electron chi connectivity index (χ3n) is 2.47. The quantitative estimate of drug-likeness (QED) is 0.644. The van der Waals surface area contributed by atoms with Gasteiger partial charge in [-0.25, -0.2) is 0 Å². The van der Waals surface area contributed by atoms with E-state index in [2.05, 4.69) is 25.1 Å². The minimum Gasteiger partial charge on any atom is -0.361 e. The van der Waals surface area contributed by atoms with Crippen LogP contribution in [-0.4, -0.2) is 6.29 Å². The Hall–Kier alpha value is -1.15. The van der Waals surface area contributed by atoms with Crippen LogP contribution < -0.4 is 0 Å². The fourth-order valence-electron chi connectivity index (χ4n) is 1.64. The highest BCUT2D eigenvalue weighted by Gasteiger charge is 2.22. The van der Waals surface area contributed by atoms with Crippen molar-refractivity contribution < 1.29 is 9.53 Å². The van der Waals surface area contributed by atoms with Gasteiger partial charge < -0.3 is 9.53 Å². The maximum atomic E-state index is 10.6. The number of aldehydes is 1. The van der Waals surface area contributed by atoms with Crippen molar-refractivity contribution in [2.75, 3.05) is 0 Å². The summed E-state index contributed by atoms with van der Waals surface area (Å²) in [6.07, 6.45) is 1.53. The number of ether oxygens (including phenoxy) is 1. The zero-order valence-corrected chi connectivity index (χ0v) is 7.62. The van der Waals surface area contributed by atoms with E-state index in [1.54, 1.807) is 0 Å². The van der Waals surface area contributed by atoms with Crippen LogP contribution in [0.15, 0.2) is 18.2 Å². The first-order valence-corrected chi connectivity index (χ1v) is 4.53. The van der Waals surface area contributed by atoms with E-state index in [-0.39, 0.29) is 6.10 Å². The zero-order chi connectivity index (χ0) is 9.26. The van der Waals surface area contributed by atoms with Crippen molar-refractivity contribution in [1.82, 2.24) is 0 Å². The molecule has 1 heterocycles. The summed E-state index contributed by atoms with van der Waals surface area (Å²) in [6.45, 7) is 2.68. The predicted octanol–water partition coefficient (Wildman–Crippen LogP) is 2.02. The van der Waals surface area contributed by atoms with Gasteiger partial charge in [-0.2, -0.15) is 0 Å². The molecule has 1 atom stereocenters. The van der Waals surface area contributed by atoms with Gasteiger partial charge in [-0.05, 0) is 23.1 Å². The van der Waals surface area contributed by atoms with Gasteiger partial charge in [0.15, 0.2) is 6.29 Å². The standard InChI is InChI=1S/C11H12O2/c1-2-8-3-4-9-7-13-11(6-12)10(9)5-8/h3-6,11H,2,7H2,1H3. The van der Waals surface area contributed by atoms with Crippen molar-refractivity contribution in [3.63, 3.8) is 0 Å². The maximum Gasteiger partial charge on any atom is 0.153 e. The molecule has 68 valence electrons. The molecule has 1 aliphatic rings. The van der Waals surface area contributed by atoms with Gasteiger partial charge in [0, 0.05) is 0 Å². The van der Waals surface area contributed by atoms with E-state index in [0.717, 1.165) is 23.8 Å². The molecular formula is C11H12O2. The number of aryl methyl sites for hydroxylation is 1. The topological polar surface area (TPSA) is 26.3 Å². The molecule has 13 heavy (non-hydrogen) atoms. The average molecular weight is 176 g/mol. The lowest BCUT2D eigenvalue weighted by atomic mass is 10.0. The maximum absolute atomic E-state index is 10.6. The fraction of sp³-hybridized carbons (Fsp3) is 0.364. The Kier molecular flexibility index (Phi) is 2.15. The van der Waals surface area contributed by atoms with Gasteiger partial charge in [0.05, 0.1) is 6.61 Å². The van der Waals surface area contributed by atoms with E-state index in [1.807, 2.05) is 0 Å². The minimum absolute atomic E-state index is 0.332. The van der Waals surface area contributed by atoms with E-state index in [9.17, 15) is 4.79 Å².